The van der Waals surface area contributed by atoms with E-state index in [1.54, 1.807) is 12.4 Å². The van der Waals surface area contributed by atoms with E-state index in [1.807, 2.05) is 12.1 Å². The first-order valence-electron chi connectivity index (χ1n) is 6.98. The van der Waals surface area contributed by atoms with E-state index >= 15 is 0 Å². The van der Waals surface area contributed by atoms with Gasteiger partial charge in [-0.1, -0.05) is 35.9 Å². The van der Waals surface area contributed by atoms with E-state index in [1.165, 1.54) is 11.1 Å². The van der Waals surface area contributed by atoms with Gasteiger partial charge in [0.1, 0.15) is 0 Å². The molecule has 1 unspecified atom stereocenters. The molecule has 3 aromatic rings. The standard InChI is InChI=1S/C17H18N4/c1-12-3-2-4-13(9-12)10-16(21-18)14-5-6-15-17(11-14)20-8-7-19-15/h2-9,11,16,21H,10,18H2,1H3. The summed E-state index contributed by atoms with van der Waals surface area (Å²) >= 11 is 0. The van der Waals surface area contributed by atoms with Crippen molar-refractivity contribution in [2.75, 3.05) is 0 Å². The Balaban J connectivity index is 1.90. The van der Waals surface area contributed by atoms with E-state index in [-0.39, 0.29) is 6.04 Å². The number of hydrazine groups is 1. The fourth-order valence-corrected chi connectivity index (χ4v) is 2.54. The van der Waals surface area contributed by atoms with Gasteiger partial charge in [-0.3, -0.25) is 21.2 Å². The Morgan fingerprint density at radius 2 is 1.86 bits per heavy atom. The summed E-state index contributed by atoms with van der Waals surface area (Å²) in [6.07, 6.45) is 4.24. The highest BCUT2D eigenvalue weighted by molar-refractivity contribution is 5.74. The Hall–Kier alpha value is -2.30. The largest absolute Gasteiger partial charge is 0.271 e. The summed E-state index contributed by atoms with van der Waals surface area (Å²) in [6, 6.07) is 14.6. The van der Waals surface area contributed by atoms with Crippen molar-refractivity contribution in [1.82, 2.24) is 15.4 Å². The molecule has 0 saturated carbocycles. The summed E-state index contributed by atoms with van der Waals surface area (Å²) in [7, 11) is 0. The van der Waals surface area contributed by atoms with Gasteiger partial charge in [-0.05, 0) is 36.6 Å². The molecule has 1 atom stereocenters. The van der Waals surface area contributed by atoms with E-state index in [2.05, 4.69) is 52.6 Å². The number of aromatic nitrogens is 2. The Kier molecular flexibility index (Phi) is 3.90. The molecule has 1 aromatic heterocycles. The van der Waals surface area contributed by atoms with Crippen LogP contribution in [0.3, 0.4) is 0 Å². The van der Waals surface area contributed by atoms with Gasteiger partial charge >= 0.3 is 0 Å². The fraction of sp³-hybridized carbons (Fsp3) is 0.176. The third kappa shape index (κ3) is 3.07. The minimum Gasteiger partial charge on any atom is -0.271 e. The lowest BCUT2D eigenvalue weighted by atomic mass is 9.98. The molecule has 4 heteroatoms. The second-order valence-electron chi connectivity index (χ2n) is 5.22. The van der Waals surface area contributed by atoms with Crippen LogP contribution in [0, 0.1) is 6.92 Å². The van der Waals surface area contributed by atoms with Crippen molar-refractivity contribution in [3.63, 3.8) is 0 Å². The minimum atomic E-state index is 0.0539. The van der Waals surface area contributed by atoms with Gasteiger partial charge in [0.2, 0.25) is 0 Å². The second-order valence-corrected chi connectivity index (χ2v) is 5.22. The van der Waals surface area contributed by atoms with Crippen LogP contribution in [0.15, 0.2) is 54.9 Å². The number of nitrogens with one attached hydrogen (secondary N) is 1. The van der Waals surface area contributed by atoms with Crippen LogP contribution in [0.2, 0.25) is 0 Å². The molecule has 0 spiro atoms. The molecule has 3 rings (SSSR count). The molecule has 0 amide bonds. The zero-order valence-corrected chi connectivity index (χ0v) is 12.0. The highest BCUT2D eigenvalue weighted by Gasteiger charge is 2.11. The molecule has 21 heavy (non-hydrogen) atoms. The van der Waals surface area contributed by atoms with E-state index in [4.69, 9.17) is 5.84 Å². The van der Waals surface area contributed by atoms with Gasteiger partial charge in [-0.2, -0.15) is 0 Å². The number of hydrogen-bond acceptors (Lipinski definition) is 4. The Morgan fingerprint density at radius 3 is 2.62 bits per heavy atom. The quantitative estimate of drug-likeness (QED) is 0.569. The maximum absolute atomic E-state index is 5.75. The van der Waals surface area contributed by atoms with Gasteiger partial charge < -0.3 is 0 Å². The van der Waals surface area contributed by atoms with Crippen molar-refractivity contribution in [2.24, 2.45) is 5.84 Å². The second kappa shape index (κ2) is 5.99. The van der Waals surface area contributed by atoms with Gasteiger partial charge in [-0.15, -0.1) is 0 Å². The first-order chi connectivity index (χ1) is 10.3. The van der Waals surface area contributed by atoms with Crippen LogP contribution in [0.25, 0.3) is 11.0 Å². The summed E-state index contributed by atoms with van der Waals surface area (Å²) in [5.41, 5.74) is 8.32. The van der Waals surface area contributed by atoms with E-state index in [0.29, 0.717) is 0 Å². The van der Waals surface area contributed by atoms with Gasteiger partial charge in [-0.25, -0.2) is 0 Å². The first kappa shape index (κ1) is 13.7. The zero-order chi connectivity index (χ0) is 14.7. The van der Waals surface area contributed by atoms with Crippen LogP contribution in [-0.2, 0) is 6.42 Å². The molecular formula is C17H18N4. The maximum Gasteiger partial charge on any atom is 0.0890 e. The molecule has 2 aromatic carbocycles. The monoisotopic (exact) mass is 278 g/mol. The summed E-state index contributed by atoms with van der Waals surface area (Å²) in [4.78, 5) is 8.64. The minimum absolute atomic E-state index is 0.0539. The van der Waals surface area contributed by atoms with Crippen LogP contribution in [0.1, 0.15) is 22.7 Å². The highest BCUT2D eigenvalue weighted by Crippen LogP contribution is 2.21. The van der Waals surface area contributed by atoms with Crippen molar-refractivity contribution in [2.45, 2.75) is 19.4 Å². The lowest BCUT2D eigenvalue weighted by Crippen LogP contribution is -2.29. The summed E-state index contributed by atoms with van der Waals surface area (Å²) in [5.74, 6) is 5.75. The summed E-state index contributed by atoms with van der Waals surface area (Å²) < 4.78 is 0. The molecule has 0 aliphatic carbocycles. The molecule has 0 saturated heterocycles. The van der Waals surface area contributed by atoms with Gasteiger partial charge in [0, 0.05) is 12.4 Å². The average Bonchev–Trinajstić information content (AvgIpc) is 2.52. The topological polar surface area (TPSA) is 63.8 Å². The number of nitrogens with zero attached hydrogens (tertiary/aromatic N) is 2. The number of benzene rings is 2. The van der Waals surface area contributed by atoms with Crippen LogP contribution < -0.4 is 11.3 Å². The molecule has 1 heterocycles. The lowest BCUT2D eigenvalue weighted by Gasteiger charge is -2.17. The predicted octanol–water partition coefficient (Wildman–Crippen LogP) is 2.69. The Bertz CT molecular complexity index is 754. The number of fused-ring (bicyclic) bond motifs is 1. The van der Waals surface area contributed by atoms with E-state index in [0.717, 1.165) is 23.0 Å². The van der Waals surface area contributed by atoms with E-state index < -0.39 is 0 Å². The first-order valence-corrected chi connectivity index (χ1v) is 6.98. The average molecular weight is 278 g/mol. The smallest absolute Gasteiger partial charge is 0.0890 e. The molecule has 4 nitrogen and oxygen atoms in total. The molecule has 0 aliphatic heterocycles. The number of hydrogen-bond donors (Lipinski definition) is 2. The highest BCUT2D eigenvalue weighted by atomic mass is 15.2. The lowest BCUT2D eigenvalue weighted by molar-refractivity contribution is 0.552. The molecule has 3 N–H and O–H groups in total. The maximum atomic E-state index is 5.75. The third-order valence-corrected chi connectivity index (χ3v) is 3.62. The van der Waals surface area contributed by atoms with Crippen LogP contribution in [-0.4, -0.2) is 9.97 Å². The fourth-order valence-electron chi connectivity index (χ4n) is 2.54. The van der Waals surface area contributed by atoms with Crippen molar-refractivity contribution in [3.05, 3.63) is 71.5 Å². The zero-order valence-electron chi connectivity index (χ0n) is 12.0. The van der Waals surface area contributed by atoms with E-state index in [9.17, 15) is 0 Å². The van der Waals surface area contributed by atoms with Crippen molar-refractivity contribution in [3.8, 4) is 0 Å². The Morgan fingerprint density at radius 1 is 1.05 bits per heavy atom. The molecule has 0 aliphatic rings. The van der Waals surface area contributed by atoms with Crippen molar-refractivity contribution >= 4 is 11.0 Å². The SMILES string of the molecule is Cc1cccc(CC(NN)c2ccc3nccnc3c2)c1. The van der Waals surface area contributed by atoms with Gasteiger partial charge in [0.15, 0.2) is 0 Å². The third-order valence-electron chi connectivity index (χ3n) is 3.62. The number of nitrogens with two attached hydrogens (primary N) is 1. The molecule has 0 bridgehead atoms. The summed E-state index contributed by atoms with van der Waals surface area (Å²) in [5, 5.41) is 0. The molecular weight excluding hydrogens is 260 g/mol. The Labute approximate surface area is 124 Å². The summed E-state index contributed by atoms with van der Waals surface area (Å²) in [6.45, 7) is 2.10. The van der Waals surface area contributed by atoms with Crippen LogP contribution in [0.4, 0.5) is 0 Å². The van der Waals surface area contributed by atoms with Gasteiger partial charge in [0.05, 0.1) is 17.1 Å². The van der Waals surface area contributed by atoms with Crippen molar-refractivity contribution < 1.29 is 0 Å². The molecule has 106 valence electrons. The molecule has 0 radical (unpaired) electrons. The normalized spacial score (nSPS) is 12.5. The van der Waals surface area contributed by atoms with Crippen molar-refractivity contribution in [1.29, 1.82) is 0 Å². The number of aryl methyl sites for hydroxylation is 1. The van der Waals surface area contributed by atoms with Gasteiger partial charge in [0.25, 0.3) is 0 Å². The predicted molar refractivity (Wildman–Crippen MR) is 84.5 cm³/mol. The van der Waals surface area contributed by atoms with Crippen LogP contribution >= 0.6 is 0 Å². The van der Waals surface area contributed by atoms with Crippen LogP contribution in [0.5, 0.6) is 0 Å². The number of rotatable bonds is 4. The molecule has 0 fully saturated rings.